The Hall–Kier alpha value is -3.88. The molecule has 3 rings (SSSR count). The van der Waals surface area contributed by atoms with E-state index < -0.39 is 52.5 Å². The number of β-lactam (4-membered cyclic amide) rings is 1. The van der Waals surface area contributed by atoms with E-state index in [1.165, 1.54) is 10.8 Å². The Kier molecular flexibility index (Phi) is 8.02. The van der Waals surface area contributed by atoms with Crippen LogP contribution in [0.3, 0.4) is 0 Å². The predicted molar refractivity (Wildman–Crippen MR) is 125 cm³/mol. The molecular weight excluding hydrogens is 544 g/mol. The lowest BCUT2D eigenvalue weighted by molar-refractivity contribution is -0.152. The number of aromatic nitrogens is 2. The summed E-state index contributed by atoms with van der Waals surface area (Å²) in [5, 5.41) is 12.4. The third-order valence-corrected chi connectivity index (χ3v) is 6.69. The van der Waals surface area contributed by atoms with Crippen LogP contribution in [0.5, 0.6) is 0 Å². The fraction of sp³-hybridized carbons (Fsp3) is 0.312. The largest absolute Gasteiger partial charge is 0.458 e. The molecule has 194 valence electrons. The molecule has 20 heteroatoms. The van der Waals surface area contributed by atoms with Crippen molar-refractivity contribution in [3.05, 3.63) is 22.1 Å². The van der Waals surface area contributed by atoms with Crippen molar-refractivity contribution in [3.63, 3.8) is 0 Å². The first-order chi connectivity index (χ1) is 17.0. The third-order valence-electron chi connectivity index (χ3n) is 4.39. The number of nitrogens with one attached hydrogen (secondary N) is 1. The monoisotopic (exact) mass is 562 g/mol. The maximum atomic E-state index is 12.8. The lowest BCUT2D eigenvalue weighted by Crippen LogP contribution is -2.73. The Labute approximate surface area is 210 Å². The SMILES string of the molecule is CON=C(C(=O)N[C@H]1C(=O)N(S(=O)(=O)O)[C@H]1COC(=O)C(=NOC)c1csc(N)n1)c1csc(N)n1. The molecule has 3 heterocycles. The third kappa shape index (κ3) is 5.67. The summed E-state index contributed by atoms with van der Waals surface area (Å²) < 4.78 is 38.0. The summed E-state index contributed by atoms with van der Waals surface area (Å²) in [5.41, 5.74) is 10.4. The minimum absolute atomic E-state index is 0.0217. The number of anilines is 2. The molecule has 1 aliphatic rings. The number of amides is 2. The van der Waals surface area contributed by atoms with Gasteiger partial charge in [-0.25, -0.2) is 19.1 Å². The van der Waals surface area contributed by atoms with Crippen molar-refractivity contribution in [2.45, 2.75) is 12.1 Å². The molecule has 2 atom stereocenters. The number of ether oxygens (including phenoxy) is 1. The number of rotatable bonds is 10. The van der Waals surface area contributed by atoms with Gasteiger partial charge in [0.1, 0.15) is 44.3 Å². The van der Waals surface area contributed by atoms with Crippen molar-refractivity contribution >= 4 is 72.4 Å². The number of esters is 1. The summed E-state index contributed by atoms with van der Waals surface area (Å²) in [6.45, 7) is -0.780. The van der Waals surface area contributed by atoms with Gasteiger partial charge in [-0.15, -0.1) is 22.7 Å². The molecule has 1 fully saturated rings. The van der Waals surface area contributed by atoms with Crippen molar-refractivity contribution in [3.8, 4) is 0 Å². The van der Waals surface area contributed by atoms with Crippen LogP contribution in [-0.2, 0) is 39.1 Å². The van der Waals surface area contributed by atoms with Crippen LogP contribution in [0.1, 0.15) is 11.4 Å². The van der Waals surface area contributed by atoms with Crippen LogP contribution >= 0.6 is 22.7 Å². The van der Waals surface area contributed by atoms with E-state index >= 15 is 0 Å². The second-order valence-corrected chi connectivity index (χ2v) is 9.68. The molecule has 2 amide bonds. The lowest BCUT2D eigenvalue weighted by atomic mass is 9.99. The van der Waals surface area contributed by atoms with Gasteiger partial charge < -0.3 is 31.2 Å². The molecule has 0 bridgehead atoms. The number of oxime groups is 2. The topological polar surface area (TPSA) is 251 Å². The number of nitrogen functional groups attached to an aromatic ring is 2. The van der Waals surface area contributed by atoms with Crippen LogP contribution in [0.2, 0.25) is 0 Å². The summed E-state index contributed by atoms with van der Waals surface area (Å²) in [7, 11) is -2.74. The molecule has 36 heavy (non-hydrogen) atoms. The Balaban J connectivity index is 1.79. The number of hydrogen-bond donors (Lipinski definition) is 4. The summed E-state index contributed by atoms with van der Waals surface area (Å²) in [6.07, 6.45) is 0. The molecular formula is C16H18N8O9S3. The maximum absolute atomic E-state index is 12.8. The predicted octanol–water partition coefficient (Wildman–Crippen LogP) is -1.79. The number of nitrogens with two attached hydrogens (primary N) is 2. The van der Waals surface area contributed by atoms with Gasteiger partial charge in [-0.05, 0) is 0 Å². The highest BCUT2D eigenvalue weighted by Crippen LogP contribution is 2.25. The minimum atomic E-state index is -5.06. The number of carbonyl (C=O) groups excluding carboxylic acids is 3. The summed E-state index contributed by atoms with van der Waals surface area (Å²) in [5.74, 6) is -3.28. The highest BCUT2D eigenvalue weighted by molar-refractivity contribution is 7.84. The zero-order valence-electron chi connectivity index (χ0n) is 18.3. The van der Waals surface area contributed by atoms with Gasteiger partial charge in [0, 0.05) is 10.8 Å². The van der Waals surface area contributed by atoms with Crippen LogP contribution in [0.4, 0.5) is 10.3 Å². The molecule has 0 aromatic carbocycles. The van der Waals surface area contributed by atoms with E-state index in [-0.39, 0.29) is 31.7 Å². The van der Waals surface area contributed by atoms with Crippen LogP contribution in [0.25, 0.3) is 0 Å². The van der Waals surface area contributed by atoms with Gasteiger partial charge in [-0.1, -0.05) is 10.3 Å². The Bertz CT molecular complexity index is 1340. The number of carbonyl (C=O) groups is 3. The average Bonchev–Trinajstić information content (AvgIpc) is 3.43. The van der Waals surface area contributed by atoms with E-state index in [9.17, 15) is 27.4 Å². The standard InChI is InChI=1S/C16H18N8O9S3/c1-31-22-9(6-4-34-15(17)19-6)12(25)21-11-8(24(13(11)26)36(28,29)30)3-33-14(27)10(23-32-2)7-5-35-16(18)20-7/h4-5,8,11H,3H2,1-2H3,(H2,17,19)(H2,18,20)(H,21,25)(H,28,29,30)/t8-,11+/m0/s1. The second kappa shape index (κ2) is 10.8. The van der Waals surface area contributed by atoms with E-state index in [0.717, 1.165) is 36.9 Å². The highest BCUT2D eigenvalue weighted by atomic mass is 32.2. The Morgan fingerprint density at radius 2 is 1.64 bits per heavy atom. The van der Waals surface area contributed by atoms with Gasteiger partial charge in [0.25, 0.3) is 11.8 Å². The van der Waals surface area contributed by atoms with E-state index in [4.69, 9.17) is 16.2 Å². The quantitative estimate of drug-likeness (QED) is 0.0821. The summed E-state index contributed by atoms with van der Waals surface area (Å²) in [4.78, 5) is 54.8. The number of hydrogen-bond acceptors (Lipinski definition) is 16. The fourth-order valence-corrected chi connectivity index (χ4v) is 4.89. The van der Waals surface area contributed by atoms with Crippen LogP contribution < -0.4 is 16.8 Å². The smallest absolute Gasteiger partial charge is 0.362 e. The molecule has 1 saturated heterocycles. The van der Waals surface area contributed by atoms with E-state index in [1.54, 1.807) is 0 Å². The van der Waals surface area contributed by atoms with E-state index in [1.807, 2.05) is 0 Å². The van der Waals surface area contributed by atoms with E-state index in [2.05, 4.69) is 35.3 Å². The summed E-state index contributed by atoms with van der Waals surface area (Å²) in [6, 6.07) is -3.06. The Morgan fingerprint density at radius 1 is 1.11 bits per heavy atom. The van der Waals surface area contributed by atoms with Gasteiger partial charge in [-0.2, -0.15) is 8.42 Å². The zero-order chi connectivity index (χ0) is 26.6. The van der Waals surface area contributed by atoms with Crippen molar-refractivity contribution < 1.29 is 41.8 Å². The molecule has 1 aliphatic heterocycles. The minimum Gasteiger partial charge on any atom is -0.458 e. The molecule has 0 spiro atoms. The van der Waals surface area contributed by atoms with Crippen molar-refractivity contribution in [2.24, 2.45) is 10.3 Å². The second-order valence-electron chi connectivity index (χ2n) is 6.62. The van der Waals surface area contributed by atoms with Gasteiger partial charge in [0.15, 0.2) is 16.0 Å². The first-order valence-electron chi connectivity index (χ1n) is 9.41. The number of nitrogens with zero attached hydrogens (tertiary/aromatic N) is 5. The van der Waals surface area contributed by atoms with Crippen molar-refractivity contribution in [1.29, 1.82) is 0 Å². The molecule has 0 radical (unpaired) electrons. The lowest BCUT2D eigenvalue weighted by Gasteiger charge is -2.43. The van der Waals surface area contributed by atoms with Crippen molar-refractivity contribution in [2.75, 3.05) is 32.3 Å². The average molecular weight is 563 g/mol. The molecule has 17 nitrogen and oxygen atoms in total. The molecule has 0 unspecified atom stereocenters. The van der Waals surface area contributed by atoms with Crippen LogP contribution in [-0.4, -0.2) is 89.4 Å². The maximum Gasteiger partial charge on any atom is 0.362 e. The molecule has 6 N–H and O–H groups in total. The van der Waals surface area contributed by atoms with Gasteiger partial charge >= 0.3 is 16.3 Å². The molecule has 2 aromatic heterocycles. The number of thiazole rings is 2. The molecule has 2 aromatic rings. The highest BCUT2D eigenvalue weighted by Gasteiger charge is 2.55. The summed E-state index contributed by atoms with van der Waals surface area (Å²) >= 11 is 2.02. The van der Waals surface area contributed by atoms with Gasteiger partial charge in [-0.3, -0.25) is 14.1 Å². The van der Waals surface area contributed by atoms with Gasteiger partial charge in [0.2, 0.25) is 5.71 Å². The zero-order valence-corrected chi connectivity index (χ0v) is 20.8. The van der Waals surface area contributed by atoms with Crippen LogP contribution in [0.15, 0.2) is 21.1 Å². The van der Waals surface area contributed by atoms with Gasteiger partial charge in [0.05, 0.1) is 0 Å². The fourth-order valence-electron chi connectivity index (χ4n) is 2.93. The first-order valence-corrected chi connectivity index (χ1v) is 12.6. The first kappa shape index (κ1) is 26.7. The molecule has 0 aliphatic carbocycles. The van der Waals surface area contributed by atoms with Crippen LogP contribution in [0, 0.1) is 0 Å². The Morgan fingerprint density at radius 3 is 2.11 bits per heavy atom. The normalized spacial score (nSPS) is 18.4. The van der Waals surface area contributed by atoms with E-state index in [0.29, 0.717) is 0 Å². The molecule has 0 saturated carbocycles. The van der Waals surface area contributed by atoms with Crippen molar-refractivity contribution in [1.82, 2.24) is 19.6 Å².